The van der Waals surface area contributed by atoms with Gasteiger partial charge in [-0.2, -0.15) is 0 Å². The van der Waals surface area contributed by atoms with Crippen molar-refractivity contribution in [1.29, 1.82) is 0 Å². The number of fused-ring (bicyclic) bond motifs is 1. The van der Waals surface area contributed by atoms with Crippen molar-refractivity contribution in [2.24, 2.45) is 0 Å². The molecule has 4 N–H and O–H groups in total. The second-order valence-electron chi connectivity index (χ2n) is 12.1. The number of amides is 3. The molecule has 1 unspecified atom stereocenters. The maximum Gasteiger partial charge on any atom is 0.284 e. The average Bonchev–Trinajstić information content (AvgIpc) is 3.16. The molecule has 12 heteroatoms. The van der Waals surface area contributed by atoms with Gasteiger partial charge in [0.25, 0.3) is 17.7 Å². The van der Waals surface area contributed by atoms with Crippen LogP contribution < -0.4 is 10.1 Å². The van der Waals surface area contributed by atoms with Crippen LogP contribution in [0.1, 0.15) is 95.3 Å². The molecule has 2 aromatic rings. The van der Waals surface area contributed by atoms with Gasteiger partial charge in [0.2, 0.25) is 11.6 Å². The van der Waals surface area contributed by atoms with E-state index in [4.69, 9.17) is 9.47 Å². The maximum absolute atomic E-state index is 15.1. The van der Waals surface area contributed by atoms with Crippen molar-refractivity contribution in [3.05, 3.63) is 64.5 Å². The molecule has 0 spiro atoms. The van der Waals surface area contributed by atoms with Crippen LogP contribution in [0.15, 0.2) is 36.4 Å². The van der Waals surface area contributed by atoms with Gasteiger partial charge in [0, 0.05) is 38.0 Å². The van der Waals surface area contributed by atoms with Gasteiger partial charge in [0.05, 0.1) is 22.3 Å². The number of halogens is 1. The van der Waals surface area contributed by atoms with Gasteiger partial charge in [-0.25, -0.2) is 9.29 Å². The van der Waals surface area contributed by atoms with Gasteiger partial charge in [0.1, 0.15) is 18.2 Å². The van der Waals surface area contributed by atoms with Crippen LogP contribution in [-0.2, 0) is 33.4 Å². The number of hydrogen-bond acceptors (Lipinski definition) is 9. The number of hydrogen-bond donors (Lipinski definition) is 4. The second-order valence-corrected chi connectivity index (χ2v) is 12.1. The number of ether oxygens (including phenoxy) is 2. The van der Waals surface area contributed by atoms with Gasteiger partial charge in [0.15, 0.2) is 0 Å². The van der Waals surface area contributed by atoms with E-state index >= 15 is 4.39 Å². The van der Waals surface area contributed by atoms with Gasteiger partial charge < -0.3 is 24.8 Å². The van der Waals surface area contributed by atoms with Crippen LogP contribution in [0.2, 0.25) is 0 Å². The van der Waals surface area contributed by atoms with Crippen LogP contribution >= 0.6 is 0 Å². The third kappa shape index (κ3) is 7.36. The normalized spacial score (nSPS) is 23.2. The fraction of sp³-hybridized carbons (Fsp3) is 0.545. The molecular weight excluding hydrogens is 585 g/mol. The highest BCUT2D eigenvalue weighted by Gasteiger charge is 2.62. The minimum atomic E-state index is -3.16. The molecule has 2 fully saturated rings. The minimum absolute atomic E-state index is 0.152. The summed E-state index contributed by atoms with van der Waals surface area (Å²) in [4.78, 5) is 39.6. The number of nitrogens with zero attached hydrogens (tertiary/aromatic N) is 2. The topological polar surface area (TPSA) is 149 Å². The van der Waals surface area contributed by atoms with Crippen LogP contribution in [0, 0.1) is 5.82 Å². The molecule has 5 rings (SSSR count). The highest BCUT2D eigenvalue weighted by atomic mass is 19.1. The summed E-state index contributed by atoms with van der Waals surface area (Å²) < 4.78 is 27.0. The predicted octanol–water partition coefficient (Wildman–Crippen LogP) is 3.52. The largest absolute Gasteiger partial charge is 0.488 e. The summed E-state index contributed by atoms with van der Waals surface area (Å²) in [7, 11) is 0. The number of carbonyl (C=O) groups is 3. The Morgan fingerprint density at radius 1 is 0.956 bits per heavy atom. The Labute approximate surface area is 263 Å². The molecule has 3 amide bonds. The highest BCUT2D eigenvalue weighted by Crippen LogP contribution is 2.46. The minimum Gasteiger partial charge on any atom is -0.488 e. The first kappa shape index (κ1) is 36.1. The zero-order valence-electron chi connectivity index (χ0n) is 27.4. The molecule has 0 radical (unpaired) electrons. The van der Waals surface area contributed by atoms with Crippen LogP contribution in [0.25, 0.3) is 0 Å². The molecule has 3 aliphatic heterocycles. The number of imide groups is 1. The number of morpholine rings is 1. The van der Waals surface area contributed by atoms with Gasteiger partial charge in [-0.05, 0) is 51.5 Å². The molecule has 11 nitrogen and oxygen atoms in total. The Balaban J connectivity index is 0.00000133. The first-order valence-corrected chi connectivity index (χ1v) is 15.3. The fourth-order valence-electron chi connectivity index (χ4n) is 6.16. The maximum atomic E-state index is 15.1. The smallest absolute Gasteiger partial charge is 0.284 e. The summed E-state index contributed by atoms with van der Waals surface area (Å²) in [6.07, 6.45) is -0.856. The lowest BCUT2D eigenvalue weighted by Gasteiger charge is -2.47. The molecule has 45 heavy (non-hydrogen) atoms. The van der Waals surface area contributed by atoms with E-state index in [1.165, 1.54) is 24.3 Å². The summed E-state index contributed by atoms with van der Waals surface area (Å²) in [6.45, 7) is 17.7. The first-order chi connectivity index (χ1) is 21.0. The van der Waals surface area contributed by atoms with E-state index in [1.54, 1.807) is 12.1 Å². The van der Waals surface area contributed by atoms with Crippen molar-refractivity contribution >= 4 is 17.7 Å². The fourth-order valence-corrected chi connectivity index (χ4v) is 6.16. The highest BCUT2D eigenvalue weighted by molar-refractivity contribution is 6.07. The Bertz CT molecular complexity index is 1410. The Hall–Kier alpha value is -3.42. The first-order valence-electron chi connectivity index (χ1n) is 15.3. The van der Waals surface area contributed by atoms with E-state index < -0.39 is 47.2 Å². The molecule has 0 aromatic heterocycles. The summed E-state index contributed by atoms with van der Waals surface area (Å²) in [5.74, 6) is -6.79. The third-order valence-corrected chi connectivity index (χ3v) is 7.46. The lowest BCUT2D eigenvalue weighted by molar-refractivity contribution is -0.303. The second kappa shape index (κ2) is 13.5. The molecular formula is C33H46FN3O8. The predicted molar refractivity (Wildman–Crippen MR) is 164 cm³/mol. The molecule has 0 aliphatic carbocycles. The summed E-state index contributed by atoms with van der Waals surface area (Å²) in [5.41, 5.74) is -3.05. The molecule has 3 aliphatic rings. The van der Waals surface area contributed by atoms with Crippen LogP contribution in [-0.4, -0.2) is 72.9 Å². The summed E-state index contributed by atoms with van der Waals surface area (Å²) >= 11 is 0. The van der Waals surface area contributed by atoms with Crippen LogP contribution in [0.4, 0.5) is 4.39 Å². The molecule has 248 valence electrons. The number of carbonyl (C=O) groups excluding carboxylic acids is 3. The van der Waals surface area contributed by atoms with E-state index in [-0.39, 0.29) is 46.0 Å². The average molecular weight is 632 g/mol. The molecule has 1 atom stereocenters. The summed E-state index contributed by atoms with van der Waals surface area (Å²) in [5, 5.41) is 35.0. The quantitative estimate of drug-likeness (QED) is 0.278. The van der Waals surface area contributed by atoms with Gasteiger partial charge >= 0.3 is 0 Å². The monoisotopic (exact) mass is 631 g/mol. The summed E-state index contributed by atoms with van der Waals surface area (Å²) in [6, 6.07) is 8.86. The van der Waals surface area contributed by atoms with Crippen molar-refractivity contribution in [3.8, 4) is 5.75 Å². The Kier molecular flexibility index (Phi) is 10.8. The van der Waals surface area contributed by atoms with E-state index in [9.17, 15) is 29.7 Å². The number of aliphatic hydroxyl groups is 3. The number of benzene rings is 2. The van der Waals surface area contributed by atoms with E-state index in [1.807, 2.05) is 60.7 Å². The number of nitrogens with one attached hydrogen (secondary N) is 1. The van der Waals surface area contributed by atoms with E-state index in [0.717, 1.165) is 5.56 Å². The van der Waals surface area contributed by atoms with Crippen molar-refractivity contribution in [2.45, 2.75) is 104 Å². The zero-order chi connectivity index (χ0) is 34.0. The zero-order valence-corrected chi connectivity index (χ0v) is 27.4. The standard InChI is InChI=1S/C29H34FN3O8.2C2H6/c1-26(2)15-32(16-27(3,4)41-26)13-17-8-9-18(20(30)12-17)14-40-21-7-5-6-19-23(21)29(38,39)33(24(19)35)28(37)11-10-22(34)31-25(28)36;2*1-2/h5-9,12,37-39H,10-11,13-16H2,1-4H3,(H,31,34,36);2*1-2H3. The van der Waals surface area contributed by atoms with Crippen LogP contribution in [0.5, 0.6) is 5.75 Å². The lowest BCUT2D eigenvalue weighted by Crippen LogP contribution is -2.67. The van der Waals surface area contributed by atoms with Crippen LogP contribution in [0.3, 0.4) is 0 Å². The number of piperidine rings is 1. The molecule has 3 heterocycles. The van der Waals surface area contributed by atoms with E-state index in [0.29, 0.717) is 19.6 Å². The third-order valence-electron chi connectivity index (χ3n) is 7.46. The lowest BCUT2D eigenvalue weighted by atomic mass is 9.98. The molecule has 2 aromatic carbocycles. The molecule has 0 bridgehead atoms. The Morgan fingerprint density at radius 2 is 1.58 bits per heavy atom. The van der Waals surface area contributed by atoms with Gasteiger partial charge in [-0.1, -0.05) is 45.9 Å². The van der Waals surface area contributed by atoms with E-state index in [2.05, 4.69) is 4.90 Å². The van der Waals surface area contributed by atoms with Crippen molar-refractivity contribution in [1.82, 2.24) is 15.1 Å². The number of rotatable bonds is 6. The Morgan fingerprint density at radius 3 is 2.16 bits per heavy atom. The van der Waals surface area contributed by atoms with Crippen molar-refractivity contribution in [2.75, 3.05) is 13.1 Å². The SMILES string of the molecule is CC.CC.CC1(C)CN(Cc2ccc(COc3cccc4c3C(O)(O)N(C3(O)CCC(=O)NC3=O)C4=O)c(F)c2)CC(C)(C)O1. The molecule has 0 saturated carbocycles. The van der Waals surface area contributed by atoms with Crippen molar-refractivity contribution in [3.63, 3.8) is 0 Å². The van der Waals surface area contributed by atoms with Crippen molar-refractivity contribution < 1.29 is 43.6 Å². The molecule has 2 saturated heterocycles. The van der Waals surface area contributed by atoms with Gasteiger partial charge in [-0.15, -0.1) is 0 Å². The van der Waals surface area contributed by atoms with Gasteiger partial charge in [-0.3, -0.25) is 24.6 Å².